The van der Waals surface area contributed by atoms with Gasteiger partial charge in [0.05, 0.1) is 19.8 Å². The molecule has 0 radical (unpaired) electrons. The normalized spacial score (nSPS) is 16.2. The molecule has 1 atom stereocenters. The van der Waals surface area contributed by atoms with E-state index < -0.39 is 12.0 Å². The van der Waals surface area contributed by atoms with E-state index >= 15 is 0 Å². The summed E-state index contributed by atoms with van der Waals surface area (Å²) in [5.74, 6) is -0.157. The molecular formula is C19H19NO4. The van der Waals surface area contributed by atoms with E-state index in [-0.39, 0.29) is 5.91 Å². The number of fused-ring (bicyclic) bond motifs is 1. The van der Waals surface area contributed by atoms with Crippen molar-refractivity contribution < 1.29 is 19.1 Å². The Morgan fingerprint density at radius 1 is 1.00 bits per heavy atom. The SMILES string of the molecule is COC(=O)C1Cc2ccccc2CN1C(=O)c1ccccc1OC. The molecule has 1 heterocycles. The van der Waals surface area contributed by atoms with Gasteiger partial charge in [-0.3, -0.25) is 4.79 Å². The standard InChI is InChI=1S/C19H19NO4/c1-23-17-10-6-5-9-15(17)18(21)20-12-14-8-4-3-7-13(14)11-16(20)19(22)24-2/h3-10,16H,11-12H2,1-2H3. The monoisotopic (exact) mass is 325 g/mol. The topological polar surface area (TPSA) is 55.8 Å². The van der Waals surface area contributed by atoms with Crippen LogP contribution in [0.15, 0.2) is 48.5 Å². The molecule has 0 saturated carbocycles. The van der Waals surface area contributed by atoms with Crippen LogP contribution in [0.4, 0.5) is 0 Å². The van der Waals surface area contributed by atoms with Gasteiger partial charge >= 0.3 is 5.97 Å². The molecule has 0 fully saturated rings. The van der Waals surface area contributed by atoms with Gasteiger partial charge in [0.15, 0.2) is 0 Å². The maximum absolute atomic E-state index is 13.1. The maximum atomic E-state index is 13.1. The molecule has 0 N–H and O–H groups in total. The van der Waals surface area contributed by atoms with Crippen molar-refractivity contribution in [2.24, 2.45) is 0 Å². The highest BCUT2D eigenvalue weighted by molar-refractivity contribution is 5.99. The third-order valence-corrected chi connectivity index (χ3v) is 4.32. The van der Waals surface area contributed by atoms with Crippen molar-refractivity contribution in [1.29, 1.82) is 0 Å². The first kappa shape index (κ1) is 16.1. The molecule has 24 heavy (non-hydrogen) atoms. The first-order valence-electron chi connectivity index (χ1n) is 7.74. The number of amides is 1. The number of carbonyl (C=O) groups excluding carboxylic acids is 2. The molecule has 0 aromatic heterocycles. The molecule has 3 rings (SSSR count). The zero-order valence-electron chi connectivity index (χ0n) is 13.7. The predicted octanol–water partition coefficient (Wildman–Crippen LogP) is 2.44. The summed E-state index contributed by atoms with van der Waals surface area (Å²) in [7, 11) is 2.87. The summed E-state index contributed by atoms with van der Waals surface area (Å²) in [6.45, 7) is 0.368. The lowest BCUT2D eigenvalue weighted by molar-refractivity contribution is -0.146. The summed E-state index contributed by atoms with van der Waals surface area (Å²) in [6.07, 6.45) is 0.448. The van der Waals surface area contributed by atoms with Crippen molar-refractivity contribution in [3.05, 3.63) is 65.2 Å². The smallest absolute Gasteiger partial charge is 0.328 e. The van der Waals surface area contributed by atoms with Crippen molar-refractivity contribution in [2.75, 3.05) is 14.2 Å². The molecule has 0 bridgehead atoms. The summed E-state index contributed by atoms with van der Waals surface area (Å²) in [4.78, 5) is 26.8. The second-order valence-corrected chi connectivity index (χ2v) is 5.65. The summed E-state index contributed by atoms with van der Waals surface area (Å²) in [6, 6.07) is 14.2. The van der Waals surface area contributed by atoms with Crippen molar-refractivity contribution in [1.82, 2.24) is 4.90 Å². The Morgan fingerprint density at radius 3 is 2.38 bits per heavy atom. The number of nitrogens with zero attached hydrogens (tertiary/aromatic N) is 1. The molecule has 5 nitrogen and oxygen atoms in total. The van der Waals surface area contributed by atoms with Crippen LogP contribution in [0, 0.1) is 0 Å². The number of benzene rings is 2. The minimum Gasteiger partial charge on any atom is -0.496 e. The molecular weight excluding hydrogens is 306 g/mol. The van der Waals surface area contributed by atoms with Gasteiger partial charge in [0.2, 0.25) is 0 Å². The molecule has 1 aliphatic rings. The first-order valence-corrected chi connectivity index (χ1v) is 7.74. The lowest BCUT2D eigenvalue weighted by Crippen LogP contribution is -2.49. The van der Waals surface area contributed by atoms with Gasteiger partial charge in [-0.2, -0.15) is 0 Å². The fourth-order valence-corrected chi connectivity index (χ4v) is 3.06. The van der Waals surface area contributed by atoms with Crippen molar-refractivity contribution in [3.63, 3.8) is 0 Å². The Hall–Kier alpha value is -2.82. The fourth-order valence-electron chi connectivity index (χ4n) is 3.06. The Morgan fingerprint density at radius 2 is 1.67 bits per heavy atom. The van der Waals surface area contributed by atoms with E-state index in [0.717, 1.165) is 11.1 Å². The lowest BCUT2D eigenvalue weighted by atomic mass is 9.93. The number of esters is 1. The number of para-hydroxylation sites is 1. The van der Waals surface area contributed by atoms with Crippen LogP contribution < -0.4 is 4.74 Å². The Kier molecular flexibility index (Phi) is 4.51. The third kappa shape index (κ3) is 2.85. The van der Waals surface area contributed by atoms with Crippen LogP contribution in [0.1, 0.15) is 21.5 Å². The Bertz CT molecular complexity index is 771. The van der Waals surface area contributed by atoms with Gasteiger partial charge in [0.25, 0.3) is 5.91 Å². The zero-order valence-corrected chi connectivity index (χ0v) is 13.7. The van der Waals surface area contributed by atoms with Crippen LogP contribution in [0.2, 0.25) is 0 Å². The van der Waals surface area contributed by atoms with E-state index in [1.807, 2.05) is 24.3 Å². The number of carbonyl (C=O) groups is 2. The molecule has 2 aromatic carbocycles. The van der Waals surface area contributed by atoms with E-state index in [1.54, 1.807) is 29.2 Å². The fraction of sp³-hybridized carbons (Fsp3) is 0.263. The van der Waals surface area contributed by atoms with Crippen molar-refractivity contribution in [3.8, 4) is 5.75 Å². The molecule has 1 aliphatic heterocycles. The molecule has 1 unspecified atom stereocenters. The average Bonchev–Trinajstić information content (AvgIpc) is 2.65. The van der Waals surface area contributed by atoms with Crippen LogP contribution in [-0.4, -0.2) is 37.0 Å². The highest BCUT2D eigenvalue weighted by Gasteiger charge is 2.36. The van der Waals surface area contributed by atoms with E-state index in [2.05, 4.69) is 0 Å². The second kappa shape index (κ2) is 6.74. The summed E-state index contributed by atoms with van der Waals surface area (Å²) >= 11 is 0. The Labute approximate surface area is 140 Å². The molecule has 2 aromatic rings. The molecule has 0 aliphatic carbocycles. The maximum Gasteiger partial charge on any atom is 0.328 e. The number of hydrogen-bond donors (Lipinski definition) is 0. The van der Waals surface area contributed by atoms with Gasteiger partial charge in [-0.05, 0) is 23.3 Å². The van der Waals surface area contributed by atoms with E-state index in [4.69, 9.17) is 9.47 Å². The van der Waals surface area contributed by atoms with Crippen LogP contribution >= 0.6 is 0 Å². The number of rotatable bonds is 3. The summed E-state index contributed by atoms with van der Waals surface area (Å²) in [5, 5.41) is 0. The zero-order chi connectivity index (χ0) is 17.1. The van der Waals surface area contributed by atoms with Crippen LogP contribution in [0.25, 0.3) is 0 Å². The minimum absolute atomic E-state index is 0.239. The molecule has 0 saturated heterocycles. The van der Waals surface area contributed by atoms with Crippen molar-refractivity contribution in [2.45, 2.75) is 19.0 Å². The van der Waals surface area contributed by atoms with Crippen LogP contribution in [-0.2, 0) is 22.5 Å². The third-order valence-electron chi connectivity index (χ3n) is 4.32. The van der Waals surface area contributed by atoms with Gasteiger partial charge in [0, 0.05) is 13.0 Å². The first-order chi connectivity index (χ1) is 11.7. The molecule has 124 valence electrons. The second-order valence-electron chi connectivity index (χ2n) is 5.65. The minimum atomic E-state index is -0.637. The number of ether oxygens (including phenoxy) is 2. The van der Waals surface area contributed by atoms with E-state index in [0.29, 0.717) is 24.3 Å². The average molecular weight is 325 g/mol. The summed E-state index contributed by atoms with van der Waals surface area (Å²) < 4.78 is 10.2. The quantitative estimate of drug-likeness (QED) is 0.813. The molecule has 0 spiro atoms. The summed E-state index contributed by atoms with van der Waals surface area (Å²) in [5.41, 5.74) is 2.55. The lowest BCUT2D eigenvalue weighted by Gasteiger charge is -2.35. The number of methoxy groups -OCH3 is 2. The van der Waals surface area contributed by atoms with Crippen LogP contribution in [0.5, 0.6) is 5.75 Å². The highest BCUT2D eigenvalue weighted by Crippen LogP contribution is 2.28. The predicted molar refractivity (Wildman–Crippen MR) is 88.8 cm³/mol. The largest absolute Gasteiger partial charge is 0.496 e. The van der Waals surface area contributed by atoms with Gasteiger partial charge in [0.1, 0.15) is 11.8 Å². The number of hydrogen-bond acceptors (Lipinski definition) is 4. The van der Waals surface area contributed by atoms with Gasteiger partial charge in [-0.15, -0.1) is 0 Å². The Balaban J connectivity index is 2.00. The van der Waals surface area contributed by atoms with Gasteiger partial charge in [-0.25, -0.2) is 4.79 Å². The van der Waals surface area contributed by atoms with Crippen molar-refractivity contribution >= 4 is 11.9 Å². The highest BCUT2D eigenvalue weighted by atomic mass is 16.5. The van der Waals surface area contributed by atoms with E-state index in [9.17, 15) is 9.59 Å². The van der Waals surface area contributed by atoms with E-state index in [1.165, 1.54) is 14.2 Å². The van der Waals surface area contributed by atoms with Gasteiger partial charge < -0.3 is 14.4 Å². The molecule has 5 heteroatoms. The van der Waals surface area contributed by atoms with Crippen LogP contribution in [0.3, 0.4) is 0 Å². The molecule has 1 amide bonds. The van der Waals surface area contributed by atoms with Gasteiger partial charge in [-0.1, -0.05) is 36.4 Å².